The molecular formula is C20H33IN6. The van der Waals surface area contributed by atoms with Crippen LogP contribution in [0.3, 0.4) is 0 Å². The van der Waals surface area contributed by atoms with Crippen LogP contribution in [-0.4, -0.2) is 33.8 Å². The number of nitrogens with one attached hydrogen (secondary N) is 2. The first-order valence-corrected chi connectivity index (χ1v) is 9.49. The largest absolute Gasteiger partial charge is 0.354 e. The summed E-state index contributed by atoms with van der Waals surface area (Å²) in [6.07, 6.45) is 6.83. The highest BCUT2D eigenvalue weighted by atomic mass is 127. The molecule has 0 fully saturated rings. The van der Waals surface area contributed by atoms with Gasteiger partial charge in [0.05, 0.1) is 5.69 Å². The molecule has 2 aromatic rings. The summed E-state index contributed by atoms with van der Waals surface area (Å²) in [5.41, 5.74) is 3.19. The van der Waals surface area contributed by atoms with Crippen molar-refractivity contribution in [3.05, 3.63) is 41.3 Å². The van der Waals surface area contributed by atoms with Gasteiger partial charge >= 0.3 is 0 Å². The Hall–Kier alpha value is -1.64. The van der Waals surface area contributed by atoms with Crippen molar-refractivity contribution in [1.29, 1.82) is 0 Å². The molecule has 1 unspecified atom stereocenters. The van der Waals surface area contributed by atoms with E-state index in [4.69, 9.17) is 0 Å². The van der Waals surface area contributed by atoms with E-state index in [1.165, 1.54) is 19.3 Å². The standard InChI is InChI=1S/C20H32N6.HI/c1-6-7-8-9-15(2)24-20(21-5)23-14-18-10-11-19(22-13-18)26-17(4)12-16(3)25-26;/h10-13,15H,6-9,14H2,1-5H3,(H2,21,23,24);1H. The van der Waals surface area contributed by atoms with Gasteiger partial charge in [-0.3, -0.25) is 4.99 Å². The van der Waals surface area contributed by atoms with Gasteiger partial charge in [-0.25, -0.2) is 9.67 Å². The van der Waals surface area contributed by atoms with Crippen molar-refractivity contribution in [3.8, 4) is 5.82 Å². The topological polar surface area (TPSA) is 67.1 Å². The van der Waals surface area contributed by atoms with E-state index >= 15 is 0 Å². The molecule has 0 aliphatic carbocycles. The summed E-state index contributed by atoms with van der Waals surface area (Å²) in [6.45, 7) is 9.14. The Kier molecular flexibility index (Phi) is 10.4. The van der Waals surface area contributed by atoms with E-state index in [-0.39, 0.29) is 24.0 Å². The molecule has 6 nitrogen and oxygen atoms in total. The summed E-state index contributed by atoms with van der Waals surface area (Å²) >= 11 is 0. The van der Waals surface area contributed by atoms with Gasteiger partial charge in [0.1, 0.15) is 0 Å². The van der Waals surface area contributed by atoms with Crippen LogP contribution in [0.4, 0.5) is 0 Å². The quantitative estimate of drug-likeness (QED) is 0.256. The van der Waals surface area contributed by atoms with E-state index in [2.05, 4.69) is 51.7 Å². The van der Waals surface area contributed by atoms with Crippen LogP contribution in [0.2, 0.25) is 0 Å². The minimum absolute atomic E-state index is 0. The molecule has 0 aliphatic heterocycles. The predicted molar refractivity (Wildman–Crippen MR) is 123 cm³/mol. The summed E-state index contributed by atoms with van der Waals surface area (Å²) in [4.78, 5) is 8.85. The van der Waals surface area contributed by atoms with E-state index in [1.807, 2.05) is 30.8 Å². The van der Waals surface area contributed by atoms with Gasteiger partial charge in [-0.1, -0.05) is 32.3 Å². The van der Waals surface area contributed by atoms with Crippen LogP contribution < -0.4 is 10.6 Å². The van der Waals surface area contributed by atoms with Gasteiger partial charge in [0.15, 0.2) is 11.8 Å². The van der Waals surface area contributed by atoms with Crippen LogP contribution in [0, 0.1) is 13.8 Å². The number of aromatic nitrogens is 3. The van der Waals surface area contributed by atoms with Crippen molar-refractivity contribution < 1.29 is 0 Å². The number of rotatable bonds is 8. The average molecular weight is 484 g/mol. The molecule has 2 aromatic heterocycles. The number of hydrogen-bond donors (Lipinski definition) is 2. The third-order valence-corrected chi connectivity index (χ3v) is 4.34. The van der Waals surface area contributed by atoms with Crippen molar-refractivity contribution in [1.82, 2.24) is 25.4 Å². The van der Waals surface area contributed by atoms with Gasteiger partial charge in [0.25, 0.3) is 0 Å². The lowest BCUT2D eigenvalue weighted by Gasteiger charge is -2.18. The first kappa shape index (κ1) is 23.4. The first-order valence-electron chi connectivity index (χ1n) is 9.49. The maximum Gasteiger partial charge on any atom is 0.191 e. The molecule has 0 aliphatic rings. The van der Waals surface area contributed by atoms with Gasteiger partial charge in [-0.05, 0) is 44.9 Å². The number of aliphatic imine (C=N–C) groups is 1. The van der Waals surface area contributed by atoms with Crippen molar-refractivity contribution in [3.63, 3.8) is 0 Å². The van der Waals surface area contributed by atoms with Crippen molar-refractivity contribution >= 4 is 29.9 Å². The second-order valence-corrected chi connectivity index (χ2v) is 6.83. The van der Waals surface area contributed by atoms with Crippen LogP contribution in [0.25, 0.3) is 5.82 Å². The number of aryl methyl sites for hydroxylation is 2. The molecule has 7 heteroatoms. The lowest BCUT2D eigenvalue weighted by atomic mass is 10.1. The average Bonchev–Trinajstić information content (AvgIpc) is 2.97. The summed E-state index contributed by atoms with van der Waals surface area (Å²) in [7, 11) is 1.80. The third kappa shape index (κ3) is 7.48. The van der Waals surface area contributed by atoms with Crippen LogP contribution in [0.1, 0.15) is 56.5 Å². The normalized spacial score (nSPS) is 12.4. The summed E-state index contributed by atoms with van der Waals surface area (Å²) in [6, 6.07) is 6.54. The molecule has 150 valence electrons. The molecule has 2 rings (SSSR count). The monoisotopic (exact) mass is 484 g/mol. The third-order valence-electron chi connectivity index (χ3n) is 4.34. The molecular weight excluding hydrogens is 451 g/mol. The van der Waals surface area contributed by atoms with E-state index < -0.39 is 0 Å². The second-order valence-electron chi connectivity index (χ2n) is 6.83. The Morgan fingerprint density at radius 2 is 2.04 bits per heavy atom. The predicted octanol–water partition coefficient (Wildman–Crippen LogP) is 4.14. The molecule has 0 radical (unpaired) electrons. The van der Waals surface area contributed by atoms with Crippen LogP contribution in [0.5, 0.6) is 0 Å². The van der Waals surface area contributed by atoms with E-state index in [0.717, 1.165) is 35.1 Å². The minimum atomic E-state index is 0. The summed E-state index contributed by atoms with van der Waals surface area (Å²) < 4.78 is 1.87. The number of nitrogens with zero attached hydrogens (tertiary/aromatic N) is 4. The molecule has 0 bridgehead atoms. The Morgan fingerprint density at radius 1 is 1.26 bits per heavy atom. The molecule has 0 saturated heterocycles. The van der Waals surface area contributed by atoms with Gasteiger partial charge in [-0.2, -0.15) is 5.10 Å². The molecule has 2 heterocycles. The SMILES string of the molecule is CCCCCC(C)NC(=NC)NCc1ccc(-n2nc(C)cc2C)nc1.I. The highest BCUT2D eigenvalue weighted by Crippen LogP contribution is 2.10. The van der Waals surface area contributed by atoms with Crippen molar-refractivity contribution in [2.24, 2.45) is 4.99 Å². The van der Waals surface area contributed by atoms with E-state index in [9.17, 15) is 0 Å². The van der Waals surface area contributed by atoms with E-state index in [1.54, 1.807) is 7.05 Å². The molecule has 1 atom stereocenters. The number of guanidine groups is 1. The Balaban J connectivity index is 0.00000364. The fraction of sp³-hybridized carbons (Fsp3) is 0.550. The zero-order valence-corrected chi connectivity index (χ0v) is 19.4. The molecule has 2 N–H and O–H groups in total. The van der Waals surface area contributed by atoms with Gasteiger partial charge in [-0.15, -0.1) is 24.0 Å². The van der Waals surface area contributed by atoms with Crippen LogP contribution in [0.15, 0.2) is 29.4 Å². The number of halogens is 1. The van der Waals surface area contributed by atoms with Crippen molar-refractivity contribution in [2.75, 3.05) is 7.05 Å². The van der Waals surface area contributed by atoms with E-state index in [0.29, 0.717) is 12.6 Å². The number of hydrogen-bond acceptors (Lipinski definition) is 3. The second kappa shape index (κ2) is 11.9. The van der Waals surface area contributed by atoms with Crippen LogP contribution >= 0.6 is 24.0 Å². The highest BCUT2D eigenvalue weighted by molar-refractivity contribution is 14.0. The lowest BCUT2D eigenvalue weighted by molar-refractivity contribution is 0.546. The summed E-state index contributed by atoms with van der Waals surface area (Å²) in [5, 5.41) is 11.3. The van der Waals surface area contributed by atoms with Gasteiger partial charge in [0, 0.05) is 31.5 Å². The lowest BCUT2D eigenvalue weighted by Crippen LogP contribution is -2.41. The first-order chi connectivity index (χ1) is 12.5. The highest BCUT2D eigenvalue weighted by Gasteiger charge is 2.07. The van der Waals surface area contributed by atoms with Gasteiger partial charge < -0.3 is 10.6 Å². The number of pyridine rings is 1. The Morgan fingerprint density at radius 3 is 2.59 bits per heavy atom. The Labute approximate surface area is 180 Å². The van der Waals surface area contributed by atoms with Crippen molar-refractivity contribution in [2.45, 2.75) is 66.0 Å². The molecule has 27 heavy (non-hydrogen) atoms. The number of unbranched alkanes of at least 4 members (excludes halogenated alkanes) is 2. The van der Waals surface area contributed by atoms with Crippen LogP contribution in [-0.2, 0) is 6.54 Å². The fourth-order valence-electron chi connectivity index (χ4n) is 2.89. The Bertz CT molecular complexity index is 708. The fourth-order valence-corrected chi connectivity index (χ4v) is 2.89. The zero-order valence-electron chi connectivity index (χ0n) is 17.1. The zero-order chi connectivity index (χ0) is 18.9. The maximum atomic E-state index is 4.54. The molecule has 0 saturated carbocycles. The molecule has 0 amide bonds. The maximum absolute atomic E-state index is 4.54. The molecule has 0 aromatic carbocycles. The minimum Gasteiger partial charge on any atom is -0.354 e. The summed E-state index contributed by atoms with van der Waals surface area (Å²) in [5.74, 6) is 1.67. The smallest absolute Gasteiger partial charge is 0.191 e. The molecule has 0 spiro atoms. The van der Waals surface area contributed by atoms with Gasteiger partial charge in [0.2, 0.25) is 0 Å².